The van der Waals surface area contributed by atoms with Gasteiger partial charge in [-0.2, -0.15) is 0 Å². The number of carbonyl (C=O) groups is 3. The molecule has 2 amide bonds. The molecule has 0 aliphatic heterocycles. The molecule has 0 spiro atoms. The van der Waals surface area contributed by atoms with Gasteiger partial charge < -0.3 is 4.74 Å². The normalized spacial score (nSPS) is 8.92. The first-order valence-electron chi connectivity index (χ1n) is 3.02. The van der Waals surface area contributed by atoms with Crippen LogP contribution >= 0.6 is 11.6 Å². The van der Waals surface area contributed by atoms with Gasteiger partial charge in [0.1, 0.15) is 6.42 Å². The van der Waals surface area contributed by atoms with E-state index in [4.69, 9.17) is 11.6 Å². The van der Waals surface area contributed by atoms with E-state index in [0.29, 0.717) is 4.90 Å². The van der Waals surface area contributed by atoms with E-state index in [9.17, 15) is 14.4 Å². The van der Waals surface area contributed by atoms with Crippen LogP contribution in [0, 0.1) is 0 Å². The molecular weight excluding hydrogens is 186 g/mol. The van der Waals surface area contributed by atoms with Crippen molar-refractivity contribution in [3.8, 4) is 0 Å². The van der Waals surface area contributed by atoms with Crippen molar-refractivity contribution in [2.24, 2.45) is 0 Å². The van der Waals surface area contributed by atoms with E-state index in [1.54, 1.807) is 0 Å². The van der Waals surface area contributed by atoms with Gasteiger partial charge in [-0.3, -0.25) is 19.3 Å². The van der Waals surface area contributed by atoms with Crippen LogP contribution in [0.1, 0.15) is 6.42 Å². The number of imide groups is 1. The molecule has 6 heteroatoms. The minimum atomic E-state index is -0.927. The molecule has 0 aliphatic carbocycles. The molecule has 0 atom stereocenters. The van der Waals surface area contributed by atoms with Crippen LogP contribution in [-0.2, 0) is 14.3 Å². The first-order valence-corrected chi connectivity index (χ1v) is 3.39. The number of nitrogens with zero attached hydrogens (tertiary/aromatic N) is 1. The molecule has 0 fully saturated rings. The molecular formula is C6H8ClNO4. The molecule has 68 valence electrons. The molecule has 0 unspecified atom stereocenters. The third kappa shape index (κ3) is 3.34. The molecule has 0 radical (unpaired) electrons. The van der Waals surface area contributed by atoms with Crippen molar-refractivity contribution >= 4 is 28.8 Å². The maximum absolute atomic E-state index is 10.9. The fourth-order valence-corrected chi connectivity index (χ4v) is 0.507. The molecule has 5 nitrogen and oxygen atoms in total. The van der Waals surface area contributed by atoms with Gasteiger partial charge in [0, 0.05) is 7.05 Å². The molecule has 0 saturated carbocycles. The average molecular weight is 194 g/mol. The summed E-state index contributed by atoms with van der Waals surface area (Å²) in [4.78, 5) is 32.4. The molecule has 0 N–H and O–H groups in total. The largest absolute Gasteiger partial charge is 0.469 e. The third-order valence-electron chi connectivity index (χ3n) is 1.16. The van der Waals surface area contributed by atoms with Gasteiger partial charge in [0.25, 0.3) is 0 Å². The van der Waals surface area contributed by atoms with E-state index in [2.05, 4.69) is 4.74 Å². The number of carbonyl (C=O) groups excluding carboxylic acids is 3. The van der Waals surface area contributed by atoms with Crippen LogP contribution in [-0.4, -0.2) is 36.3 Å². The Bertz CT molecular complexity index is 216. The highest BCUT2D eigenvalue weighted by atomic mass is 35.5. The molecule has 0 heterocycles. The zero-order valence-corrected chi connectivity index (χ0v) is 7.42. The SMILES string of the molecule is COC(=O)CC(=O)N(C)C(=O)Cl. The standard InChI is InChI=1S/C6H8ClNO4/c1-8(6(7)11)4(9)3-5(10)12-2/h3H2,1-2H3. The Balaban J connectivity index is 4.04. The molecule has 0 rings (SSSR count). The van der Waals surface area contributed by atoms with Crippen LogP contribution in [0.3, 0.4) is 0 Å². The van der Waals surface area contributed by atoms with E-state index in [1.807, 2.05) is 0 Å². The molecule has 0 aromatic carbocycles. The summed E-state index contributed by atoms with van der Waals surface area (Å²) in [5.41, 5.74) is 0. The van der Waals surface area contributed by atoms with Gasteiger partial charge in [-0.1, -0.05) is 0 Å². The van der Waals surface area contributed by atoms with Crippen LogP contribution in [0.25, 0.3) is 0 Å². The zero-order valence-electron chi connectivity index (χ0n) is 6.67. The monoisotopic (exact) mass is 193 g/mol. The number of esters is 1. The Morgan fingerprint density at radius 3 is 2.25 bits per heavy atom. The van der Waals surface area contributed by atoms with Crippen molar-refractivity contribution in [3.05, 3.63) is 0 Å². The average Bonchev–Trinajstić information content (AvgIpc) is 2.02. The van der Waals surface area contributed by atoms with Gasteiger partial charge in [0.2, 0.25) is 5.91 Å². The van der Waals surface area contributed by atoms with Crippen LogP contribution in [0.2, 0.25) is 0 Å². The Morgan fingerprint density at radius 2 is 1.92 bits per heavy atom. The smallest absolute Gasteiger partial charge is 0.322 e. The lowest BCUT2D eigenvalue weighted by Crippen LogP contribution is -2.30. The van der Waals surface area contributed by atoms with Crippen LogP contribution < -0.4 is 0 Å². The van der Waals surface area contributed by atoms with E-state index >= 15 is 0 Å². The van der Waals surface area contributed by atoms with Crippen LogP contribution in [0.5, 0.6) is 0 Å². The van der Waals surface area contributed by atoms with Gasteiger partial charge in [-0.15, -0.1) is 0 Å². The number of hydrogen-bond acceptors (Lipinski definition) is 4. The summed E-state index contributed by atoms with van der Waals surface area (Å²) in [6.07, 6.45) is -0.481. The molecule has 0 aromatic rings. The van der Waals surface area contributed by atoms with Crippen molar-refractivity contribution < 1.29 is 19.1 Å². The summed E-state index contributed by atoms with van der Waals surface area (Å²) < 4.78 is 4.21. The summed E-state index contributed by atoms with van der Waals surface area (Å²) in [6, 6.07) is 0. The minimum absolute atomic E-state index is 0.481. The summed E-state index contributed by atoms with van der Waals surface area (Å²) in [6.45, 7) is 0. The lowest BCUT2D eigenvalue weighted by atomic mass is 10.4. The van der Waals surface area contributed by atoms with E-state index < -0.39 is 23.7 Å². The van der Waals surface area contributed by atoms with Crippen LogP contribution in [0.15, 0.2) is 0 Å². The second-order valence-electron chi connectivity index (χ2n) is 1.96. The van der Waals surface area contributed by atoms with E-state index in [-0.39, 0.29) is 0 Å². The number of amides is 2. The molecule has 0 bridgehead atoms. The Morgan fingerprint density at radius 1 is 1.42 bits per heavy atom. The van der Waals surface area contributed by atoms with E-state index in [0.717, 1.165) is 7.11 Å². The van der Waals surface area contributed by atoms with Gasteiger partial charge in [-0.05, 0) is 11.6 Å². The van der Waals surface area contributed by atoms with Gasteiger partial charge in [-0.25, -0.2) is 0 Å². The van der Waals surface area contributed by atoms with Gasteiger partial charge >= 0.3 is 11.3 Å². The molecule has 0 aromatic heterocycles. The predicted octanol–water partition coefficient (Wildman–Crippen LogP) is 0.367. The van der Waals surface area contributed by atoms with Crippen LogP contribution in [0.4, 0.5) is 4.79 Å². The quantitative estimate of drug-likeness (QED) is 0.275. The van der Waals surface area contributed by atoms with Gasteiger partial charge in [0.15, 0.2) is 0 Å². The summed E-state index contributed by atoms with van der Waals surface area (Å²) in [7, 11) is 2.33. The number of halogens is 1. The first-order chi connectivity index (χ1) is 5.49. The fourth-order valence-electron chi connectivity index (χ4n) is 0.412. The van der Waals surface area contributed by atoms with Crippen molar-refractivity contribution in [2.45, 2.75) is 6.42 Å². The number of hydrogen-bond donors (Lipinski definition) is 0. The Kier molecular flexibility index (Phi) is 4.28. The maximum atomic E-state index is 10.9. The zero-order chi connectivity index (χ0) is 9.72. The highest BCUT2D eigenvalue weighted by Gasteiger charge is 2.17. The van der Waals surface area contributed by atoms with Crippen molar-refractivity contribution in [2.75, 3.05) is 14.2 Å². The van der Waals surface area contributed by atoms with Crippen molar-refractivity contribution in [1.29, 1.82) is 0 Å². The van der Waals surface area contributed by atoms with Gasteiger partial charge in [0.05, 0.1) is 7.11 Å². The fraction of sp³-hybridized carbons (Fsp3) is 0.500. The maximum Gasteiger partial charge on any atom is 0.322 e. The highest BCUT2D eigenvalue weighted by Crippen LogP contribution is 1.97. The number of methoxy groups -OCH3 is 1. The topological polar surface area (TPSA) is 63.7 Å². The van der Waals surface area contributed by atoms with Crippen molar-refractivity contribution in [1.82, 2.24) is 4.90 Å². The minimum Gasteiger partial charge on any atom is -0.469 e. The molecule has 0 saturated heterocycles. The lowest BCUT2D eigenvalue weighted by molar-refractivity contribution is -0.145. The number of rotatable bonds is 2. The number of ether oxygens (including phenoxy) is 1. The summed E-state index contributed by atoms with van der Waals surface area (Å²) in [5, 5.41) is -0.927. The summed E-state index contributed by atoms with van der Waals surface area (Å²) in [5.74, 6) is -1.40. The first kappa shape index (κ1) is 10.9. The molecule has 12 heavy (non-hydrogen) atoms. The molecule has 0 aliphatic rings. The second kappa shape index (κ2) is 4.71. The predicted molar refractivity (Wildman–Crippen MR) is 40.7 cm³/mol. The summed E-state index contributed by atoms with van der Waals surface area (Å²) >= 11 is 4.96. The lowest BCUT2D eigenvalue weighted by Gasteiger charge is -2.09. The highest BCUT2D eigenvalue weighted by molar-refractivity contribution is 6.64. The third-order valence-corrected chi connectivity index (χ3v) is 1.41. The van der Waals surface area contributed by atoms with E-state index in [1.165, 1.54) is 7.05 Å². The van der Waals surface area contributed by atoms with Crippen molar-refractivity contribution in [3.63, 3.8) is 0 Å². The second-order valence-corrected chi connectivity index (χ2v) is 2.28. The Hall–Kier alpha value is -1.10. The Labute approximate surface area is 74.2 Å².